The molecule has 0 saturated heterocycles. The number of anilines is 4. The molecule has 1 heterocycles. The first-order valence-corrected chi connectivity index (χ1v) is 9.28. The summed E-state index contributed by atoms with van der Waals surface area (Å²) in [7, 11) is 5.37. The maximum atomic E-state index is 12.6. The molecule has 3 rings (SSSR count). The molecule has 0 spiro atoms. The zero-order valence-electron chi connectivity index (χ0n) is 16.7. The molecule has 29 heavy (non-hydrogen) atoms. The van der Waals surface area contributed by atoms with E-state index in [1.165, 1.54) is 7.11 Å². The minimum atomic E-state index is -0.303. The van der Waals surface area contributed by atoms with Gasteiger partial charge in [0.15, 0.2) is 0 Å². The average Bonchev–Trinajstić information content (AvgIpc) is 2.69. The standard InChI is InChI=1S/C21H22ClN5O2/c1-13-11-19(27(2)3)26-21(23-13)25-16-8-6-15(7-9-16)24-20(28)17-12-14(22)5-10-18(17)29-4/h5-12H,1-4H3,(H,24,28)(H,23,25,26). The fraction of sp³-hybridized carbons (Fsp3) is 0.190. The molecule has 8 heteroatoms. The molecule has 0 bridgehead atoms. The van der Waals surface area contributed by atoms with Crippen molar-refractivity contribution in [3.63, 3.8) is 0 Å². The lowest BCUT2D eigenvalue weighted by atomic mass is 10.1. The number of aromatic nitrogens is 2. The van der Waals surface area contributed by atoms with Crippen LogP contribution in [0.25, 0.3) is 0 Å². The van der Waals surface area contributed by atoms with Gasteiger partial charge in [0, 0.05) is 42.3 Å². The van der Waals surface area contributed by atoms with Gasteiger partial charge in [-0.15, -0.1) is 0 Å². The van der Waals surface area contributed by atoms with Crippen LogP contribution in [0.2, 0.25) is 5.02 Å². The predicted molar refractivity (Wildman–Crippen MR) is 117 cm³/mol. The highest BCUT2D eigenvalue weighted by Gasteiger charge is 2.13. The first-order valence-electron chi connectivity index (χ1n) is 8.90. The van der Waals surface area contributed by atoms with Crippen molar-refractivity contribution >= 4 is 40.6 Å². The van der Waals surface area contributed by atoms with Gasteiger partial charge in [-0.05, 0) is 49.4 Å². The minimum Gasteiger partial charge on any atom is -0.496 e. The molecule has 0 fully saturated rings. The summed E-state index contributed by atoms with van der Waals surface area (Å²) in [5, 5.41) is 6.48. The van der Waals surface area contributed by atoms with Gasteiger partial charge < -0.3 is 20.3 Å². The van der Waals surface area contributed by atoms with E-state index in [-0.39, 0.29) is 5.91 Å². The lowest BCUT2D eigenvalue weighted by molar-refractivity contribution is 0.102. The van der Waals surface area contributed by atoms with Gasteiger partial charge in [-0.3, -0.25) is 4.79 Å². The molecule has 0 saturated carbocycles. The molecule has 150 valence electrons. The van der Waals surface area contributed by atoms with E-state index in [0.29, 0.717) is 28.0 Å². The number of hydrogen-bond donors (Lipinski definition) is 2. The number of aryl methyl sites for hydroxylation is 1. The Morgan fingerprint density at radius 2 is 1.72 bits per heavy atom. The van der Waals surface area contributed by atoms with E-state index >= 15 is 0 Å². The molecular formula is C21H22ClN5O2. The monoisotopic (exact) mass is 411 g/mol. The zero-order chi connectivity index (χ0) is 21.0. The van der Waals surface area contributed by atoms with Gasteiger partial charge in [0.2, 0.25) is 5.95 Å². The number of benzene rings is 2. The summed E-state index contributed by atoms with van der Waals surface area (Å²) in [6, 6.07) is 14.1. The molecule has 0 atom stereocenters. The van der Waals surface area contributed by atoms with Gasteiger partial charge >= 0.3 is 0 Å². The number of rotatable bonds is 6. The zero-order valence-corrected chi connectivity index (χ0v) is 17.4. The van der Waals surface area contributed by atoms with Crippen molar-refractivity contribution in [2.24, 2.45) is 0 Å². The Morgan fingerprint density at radius 3 is 2.38 bits per heavy atom. The molecule has 0 aliphatic rings. The largest absolute Gasteiger partial charge is 0.496 e. The fourth-order valence-corrected chi connectivity index (χ4v) is 2.83. The number of amides is 1. The van der Waals surface area contributed by atoms with Crippen LogP contribution in [-0.2, 0) is 0 Å². The van der Waals surface area contributed by atoms with Crippen molar-refractivity contribution in [1.29, 1.82) is 0 Å². The third kappa shape index (κ3) is 5.14. The molecule has 3 aromatic rings. The van der Waals surface area contributed by atoms with Crippen LogP contribution in [0.3, 0.4) is 0 Å². The maximum Gasteiger partial charge on any atom is 0.259 e. The topological polar surface area (TPSA) is 79.4 Å². The SMILES string of the molecule is COc1ccc(Cl)cc1C(=O)Nc1ccc(Nc2nc(C)cc(N(C)C)n2)cc1. The average molecular weight is 412 g/mol. The Balaban J connectivity index is 1.73. The normalized spacial score (nSPS) is 10.4. The minimum absolute atomic E-state index is 0.303. The number of hydrogen-bond acceptors (Lipinski definition) is 6. The molecule has 0 aliphatic carbocycles. The number of carbonyl (C=O) groups is 1. The summed E-state index contributed by atoms with van der Waals surface area (Å²) in [4.78, 5) is 23.4. The molecule has 0 radical (unpaired) electrons. The van der Waals surface area contributed by atoms with Gasteiger partial charge in [-0.25, -0.2) is 4.98 Å². The van der Waals surface area contributed by atoms with Gasteiger partial charge in [0.1, 0.15) is 11.6 Å². The number of nitrogens with zero attached hydrogens (tertiary/aromatic N) is 3. The smallest absolute Gasteiger partial charge is 0.259 e. The molecule has 1 aromatic heterocycles. The first-order chi connectivity index (χ1) is 13.9. The van der Waals surface area contributed by atoms with E-state index in [1.807, 2.05) is 44.1 Å². The summed E-state index contributed by atoms with van der Waals surface area (Å²) in [5.41, 5.74) is 2.68. The fourth-order valence-electron chi connectivity index (χ4n) is 2.66. The summed E-state index contributed by atoms with van der Waals surface area (Å²) in [5.74, 6) is 1.48. The van der Waals surface area contributed by atoms with Crippen LogP contribution in [0.5, 0.6) is 5.75 Å². The second-order valence-corrected chi connectivity index (χ2v) is 7.02. The number of nitrogens with one attached hydrogen (secondary N) is 2. The second-order valence-electron chi connectivity index (χ2n) is 6.59. The third-order valence-corrected chi connectivity index (χ3v) is 4.34. The van der Waals surface area contributed by atoms with Crippen LogP contribution < -0.4 is 20.3 Å². The van der Waals surface area contributed by atoms with Crippen LogP contribution in [0.15, 0.2) is 48.5 Å². The molecule has 0 aliphatic heterocycles. The molecule has 0 unspecified atom stereocenters. The molecule has 2 aromatic carbocycles. The highest BCUT2D eigenvalue weighted by atomic mass is 35.5. The van der Waals surface area contributed by atoms with Crippen molar-refractivity contribution in [2.75, 3.05) is 36.7 Å². The summed E-state index contributed by atoms with van der Waals surface area (Å²) in [6.07, 6.45) is 0. The summed E-state index contributed by atoms with van der Waals surface area (Å²) < 4.78 is 5.23. The van der Waals surface area contributed by atoms with Crippen molar-refractivity contribution in [2.45, 2.75) is 6.92 Å². The van der Waals surface area contributed by atoms with Crippen molar-refractivity contribution < 1.29 is 9.53 Å². The second kappa shape index (κ2) is 8.79. The number of methoxy groups -OCH3 is 1. The highest BCUT2D eigenvalue weighted by molar-refractivity contribution is 6.31. The molecule has 2 N–H and O–H groups in total. The molecule has 1 amide bonds. The van der Waals surface area contributed by atoms with Crippen molar-refractivity contribution in [3.8, 4) is 5.75 Å². The Bertz CT molecular complexity index is 1020. The Morgan fingerprint density at radius 1 is 1.03 bits per heavy atom. The van der Waals surface area contributed by atoms with Crippen LogP contribution in [0, 0.1) is 6.92 Å². The molecule has 7 nitrogen and oxygen atoms in total. The highest BCUT2D eigenvalue weighted by Crippen LogP contribution is 2.24. The van der Waals surface area contributed by atoms with Gasteiger partial charge in [-0.1, -0.05) is 11.6 Å². The van der Waals surface area contributed by atoms with E-state index < -0.39 is 0 Å². The lowest BCUT2D eigenvalue weighted by Crippen LogP contribution is -2.13. The van der Waals surface area contributed by atoms with Gasteiger partial charge in [-0.2, -0.15) is 4.98 Å². The Hall–Kier alpha value is -3.32. The van der Waals surface area contributed by atoms with Gasteiger partial charge in [0.25, 0.3) is 5.91 Å². The van der Waals surface area contributed by atoms with Gasteiger partial charge in [0.05, 0.1) is 12.7 Å². The van der Waals surface area contributed by atoms with E-state index in [4.69, 9.17) is 16.3 Å². The predicted octanol–water partition coefficient (Wildman–Crippen LogP) is 4.51. The van der Waals surface area contributed by atoms with Crippen molar-refractivity contribution in [3.05, 3.63) is 64.8 Å². The van der Waals surface area contributed by atoms with E-state index in [2.05, 4.69) is 20.6 Å². The summed E-state index contributed by atoms with van der Waals surface area (Å²) >= 11 is 6.00. The maximum absolute atomic E-state index is 12.6. The summed E-state index contributed by atoms with van der Waals surface area (Å²) in [6.45, 7) is 1.92. The van der Waals surface area contributed by atoms with E-state index in [0.717, 1.165) is 17.2 Å². The third-order valence-electron chi connectivity index (χ3n) is 4.10. The van der Waals surface area contributed by atoms with E-state index in [1.54, 1.807) is 30.3 Å². The van der Waals surface area contributed by atoms with Crippen LogP contribution >= 0.6 is 11.6 Å². The Labute approximate surface area is 174 Å². The number of carbonyl (C=O) groups excluding carboxylic acids is 1. The Kier molecular flexibility index (Phi) is 6.19. The van der Waals surface area contributed by atoms with Crippen LogP contribution in [0.4, 0.5) is 23.1 Å². The number of ether oxygens (including phenoxy) is 1. The van der Waals surface area contributed by atoms with Crippen LogP contribution in [0.1, 0.15) is 16.1 Å². The van der Waals surface area contributed by atoms with E-state index in [9.17, 15) is 4.79 Å². The number of halogens is 1. The molecular weight excluding hydrogens is 390 g/mol. The lowest BCUT2D eigenvalue weighted by Gasteiger charge is -2.14. The van der Waals surface area contributed by atoms with Crippen molar-refractivity contribution in [1.82, 2.24) is 9.97 Å². The van der Waals surface area contributed by atoms with Crippen LogP contribution in [-0.4, -0.2) is 37.1 Å². The quantitative estimate of drug-likeness (QED) is 0.621. The first kappa shape index (κ1) is 20.4.